The summed E-state index contributed by atoms with van der Waals surface area (Å²) in [6.07, 6.45) is 0. The molecule has 6 heteroatoms. The van der Waals surface area contributed by atoms with Gasteiger partial charge in [-0.25, -0.2) is 13.2 Å². The fourth-order valence-electron chi connectivity index (χ4n) is 1.44. The molecule has 2 nitrogen and oxygen atoms in total. The lowest BCUT2D eigenvalue weighted by Gasteiger charge is -2.07. The zero-order valence-corrected chi connectivity index (χ0v) is 11.5. The van der Waals surface area contributed by atoms with E-state index in [2.05, 4.69) is 5.32 Å². The molecule has 0 aliphatic heterocycles. The number of carbonyl (C=O) groups is 1. The number of halogens is 4. The molecule has 1 amide bonds. The van der Waals surface area contributed by atoms with Crippen LogP contribution in [0.25, 0.3) is 0 Å². The van der Waals surface area contributed by atoms with E-state index in [1.54, 1.807) is 24.3 Å². The van der Waals surface area contributed by atoms with Gasteiger partial charge in [-0.1, -0.05) is 12.1 Å². The van der Waals surface area contributed by atoms with Crippen LogP contribution in [0.1, 0.15) is 10.4 Å². The smallest absolute Gasteiger partial charge is 0.255 e. The molecule has 0 aliphatic rings. The van der Waals surface area contributed by atoms with Crippen LogP contribution in [0, 0.1) is 21.0 Å². The Kier molecular flexibility index (Phi) is 4.08. The number of hydrogen-bond donors (Lipinski definition) is 1. The first-order chi connectivity index (χ1) is 8.99. The van der Waals surface area contributed by atoms with Gasteiger partial charge in [0.1, 0.15) is 0 Å². The monoisotopic (exact) mass is 377 g/mol. The van der Waals surface area contributed by atoms with Gasteiger partial charge in [0.25, 0.3) is 5.91 Å². The molecule has 0 saturated carbocycles. The first-order valence-corrected chi connectivity index (χ1v) is 6.27. The minimum atomic E-state index is -1.59. The van der Waals surface area contributed by atoms with Crippen molar-refractivity contribution >= 4 is 34.2 Å². The molecule has 0 heterocycles. The van der Waals surface area contributed by atoms with Crippen molar-refractivity contribution < 1.29 is 18.0 Å². The highest BCUT2D eigenvalue weighted by Gasteiger charge is 2.15. The van der Waals surface area contributed by atoms with Crippen LogP contribution in [-0.2, 0) is 0 Å². The van der Waals surface area contributed by atoms with E-state index in [0.717, 1.165) is 3.57 Å². The predicted octanol–water partition coefficient (Wildman–Crippen LogP) is 3.96. The fourth-order valence-corrected chi connectivity index (χ4v) is 1.97. The highest BCUT2D eigenvalue weighted by atomic mass is 127. The van der Waals surface area contributed by atoms with Crippen molar-refractivity contribution in [2.45, 2.75) is 0 Å². The maximum Gasteiger partial charge on any atom is 0.255 e. The van der Waals surface area contributed by atoms with Crippen LogP contribution in [0.3, 0.4) is 0 Å². The van der Waals surface area contributed by atoms with Gasteiger partial charge in [0.2, 0.25) is 0 Å². The second kappa shape index (κ2) is 5.60. The molecule has 2 aromatic carbocycles. The van der Waals surface area contributed by atoms with Crippen molar-refractivity contribution in [3.05, 3.63) is 63.0 Å². The number of nitrogens with one attached hydrogen (secondary N) is 1. The number of hydrogen-bond acceptors (Lipinski definition) is 1. The number of anilines is 1. The Morgan fingerprint density at radius 1 is 1.05 bits per heavy atom. The van der Waals surface area contributed by atoms with Gasteiger partial charge in [-0.2, -0.15) is 0 Å². The largest absolute Gasteiger partial charge is 0.321 e. The number of carbonyl (C=O) groups excluding carboxylic acids is 1. The molecular formula is C13H7F3INO. The molecule has 0 spiro atoms. The maximum atomic E-state index is 13.0. The summed E-state index contributed by atoms with van der Waals surface area (Å²) >= 11 is 2.01. The van der Waals surface area contributed by atoms with E-state index in [0.29, 0.717) is 17.8 Å². The first-order valence-electron chi connectivity index (χ1n) is 5.19. The Bertz CT molecular complexity index is 623. The van der Waals surface area contributed by atoms with Crippen molar-refractivity contribution in [3.63, 3.8) is 0 Å². The summed E-state index contributed by atoms with van der Waals surface area (Å²) in [5, 5.41) is 2.50. The molecule has 0 atom stereocenters. The molecule has 0 aromatic heterocycles. The van der Waals surface area contributed by atoms with E-state index in [1.807, 2.05) is 22.6 Å². The van der Waals surface area contributed by atoms with Gasteiger partial charge in [-0.15, -0.1) is 0 Å². The van der Waals surface area contributed by atoms with Crippen LogP contribution in [0.5, 0.6) is 0 Å². The van der Waals surface area contributed by atoms with Crippen LogP contribution in [0.2, 0.25) is 0 Å². The number of amides is 1. The summed E-state index contributed by atoms with van der Waals surface area (Å²) in [7, 11) is 0. The highest BCUT2D eigenvalue weighted by Crippen LogP contribution is 2.19. The third-order valence-corrected chi connectivity index (χ3v) is 3.31. The zero-order chi connectivity index (χ0) is 14.0. The van der Waals surface area contributed by atoms with Gasteiger partial charge < -0.3 is 5.32 Å². The summed E-state index contributed by atoms with van der Waals surface area (Å²) in [6.45, 7) is 0. The second-order valence-electron chi connectivity index (χ2n) is 3.69. The molecule has 0 radical (unpaired) electrons. The normalized spacial score (nSPS) is 10.3. The molecule has 1 N–H and O–H groups in total. The summed E-state index contributed by atoms with van der Waals surface area (Å²) in [5.74, 6) is -5.09. The molecule has 19 heavy (non-hydrogen) atoms. The Morgan fingerprint density at radius 2 is 1.63 bits per heavy atom. The highest BCUT2D eigenvalue weighted by molar-refractivity contribution is 14.1. The lowest BCUT2D eigenvalue weighted by Crippen LogP contribution is -2.14. The van der Waals surface area contributed by atoms with Gasteiger partial charge in [0, 0.05) is 9.13 Å². The quantitative estimate of drug-likeness (QED) is 0.623. The zero-order valence-electron chi connectivity index (χ0n) is 9.38. The van der Waals surface area contributed by atoms with E-state index in [1.165, 1.54) is 0 Å². The third-order valence-electron chi connectivity index (χ3n) is 2.37. The number of para-hydroxylation sites is 1. The molecule has 0 bridgehead atoms. The average Bonchev–Trinajstić information content (AvgIpc) is 2.38. The molecule has 2 aromatic rings. The van der Waals surface area contributed by atoms with E-state index in [4.69, 9.17) is 0 Å². The van der Waals surface area contributed by atoms with Crippen LogP contribution in [0.15, 0.2) is 36.4 Å². The Hall–Kier alpha value is -1.57. The molecule has 2 rings (SSSR count). The Labute approximate surface area is 120 Å². The van der Waals surface area contributed by atoms with Crippen LogP contribution in [0.4, 0.5) is 18.9 Å². The van der Waals surface area contributed by atoms with Gasteiger partial charge in [-0.3, -0.25) is 4.79 Å². The standard InChI is InChI=1S/C13H7F3INO/c14-8-5-7(6-9(15)12(8)16)13(19)18-11-4-2-1-3-10(11)17/h1-6H,(H,18,19). The molecule has 98 valence electrons. The Balaban J connectivity index is 2.28. The minimum absolute atomic E-state index is 0.281. The van der Waals surface area contributed by atoms with Gasteiger partial charge in [0.15, 0.2) is 17.5 Å². The van der Waals surface area contributed by atoms with Crippen LogP contribution in [-0.4, -0.2) is 5.91 Å². The average molecular weight is 377 g/mol. The summed E-state index contributed by atoms with van der Waals surface area (Å²) < 4.78 is 39.6. The third kappa shape index (κ3) is 3.06. The topological polar surface area (TPSA) is 29.1 Å². The fraction of sp³-hybridized carbons (Fsp3) is 0. The summed E-state index contributed by atoms with van der Waals surface area (Å²) in [6, 6.07) is 8.23. The Morgan fingerprint density at radius 3 is 2.21 bits per heavy atom. The van der Waals surface area contributed by atoms with E-state index >= 15 is 0 Å². The van der Waals surface area contributed by atoms with Crippen molar-refractivity contribution in [3.8, 4) is 0 Å². The molecular weight excluding hydrogens is 370 g/mol. The molecule has 0 aliphatic carbocycles. The SMILES string of the molecule is O=C(Nc1ccccc1I)c1cc(F)c(F)c(F)c1. The molecule has 0 unspecified atom stereocenters. The van der Waals surface area contributed by atoms with Gasteiger partial charge in [-0.05, 0) is 46.9 Å². The number of benzene rings is 2. The lowest BCUT2D eigenvalue weighted by atomic mass is 10.2. The van der Waals surface area contributed by atoms with Crippen molar-refractivity contribution in [2.75, 3.05) is 5.32 Å². The number of rotatable bonds is 2. The lowest BCUT2D eigenvalue weighted by molar-refractivity contribution is 0.102. The minimum Gasteiger partial charge on any atom is -0.321 e. The van der Waals surface area contributed by atoms with E-state index < -0.39 is 23.4 Å². The van der Waals surface area contributed by atoms with E-state index in [9.17, 15) is 18.0 Å². The first kappa shape index (κ1) is 13.9. The summed E-state index contributed by atoms with van der Waals surface area (Å²) in [5.41, 5.74) is 0.231. The maximum absolute atomic E-state index is 13.0. The van der Waals surface area contributed by atoms with Crippen LogP contribution < -0.4 is 5.32 Å². The van der Waals surface area contributed by atoms with Gasteiger partial charge in [0.05, 0.1) is 5.69 Å². The van der Waals surface area contributed by atoms with Crippen molar-refractivity contribution in [1.82, 2.24) is 0 Å². The molecule has 0 saturated heterocycles. The van der Waals surface area contributed by atoms with E-state index in [-0.39, 0.29) is 5.56 Å². The predicted molar refractivity (Wildman–Crippen MR) is 73.4 cm³/mol. The van der Waals surface area contributed by atoms with Gasteiger partial charge >= 0.3 is 0 Å². The van der Waals surface area contributed by atoms with Crippen molar-refractivity contribution in [1.29, 1.82) is 0 Å². The van der Waals surface area contributed by atoms with Crippen LogP contribution >= 0.6 is 22.6 Å². The second-order valence-corrected chi connectivity index (χ2v) is 4.85. The molecule has 0 fully saturated rings. The summed E-state index contributed by atoms with van der Waals surface area (Å²) in [4.78, 5) is 11.8. The van der Waals surface area contributed by atoms with Crippen molar-refractivity contribution in [2.24, 2.45) is 0 Å².